The maximum Gasteiger partial charge on any atom is 0.303 e. The molecular weight excluding hydrogens is 619 g/mol. The zero-order valence-electron chi connectivity index (χ0n) is 22.5. The van der Waals surface area contributed by atoms with Crippen LogP contribution >= 0.6 is 23.4 Å². The molecule has 1 aromatic carbocycles. The SMILES string of the molecule is CC(=O)OCC1OC(Sc2cnc(C#N)c(Cl)c2)C(OC(C)=O)C(n2cc(-c3cc(F)c(F)c(F)c3)nn2)C1OC(C)=O. The van der Waals surface area contributed by atoms with Crippen LogP contribution in [0.2, 0.25) is 5.02 Å². The maximum atomic E-state index is 14.0. The molecule has 1 saturated heterocycles. The van der Waals surface area contributed by atoms with Crippen molar-refractivity contribution in [2.24, 2.45) is 0 Å². The first kappa shape index (κ1) is 31.7. The largest absolute Gasteiger partial charge is 0.463 e. The summed E-state index contributed by atoms with van der Waals surface area (Å²) in [6, 6.07) is 3.49. The second-order valence-electron chi connectivity index (χ2n) is 9.05. The molecule has 4 rings (SSSR count). The van der Waals surface area contributed by atoms with Crippen LogP contribution in [0.1, 0.15) is 32.5 Å². The average Bonchev–Trinajstić information content (AvgIpc) is 3.41. The molecule has 1 aliphatic heterocycles. The fourth-order valence-electron chi connectivity index (χ4n) is 4.24. The third-order valence-electron chi connectivity index (χ3n) is 5.94. The van der Waals surface area contributed by atoms with Crippen molar-refractivity contribution in [3.63, 3.8) is 0 Å². The van der Waals surface area contributed by atoms with Crippen LogP contribution in [0.4, 0.5) is 13.2 Å². The van der Waals surface area contributed by atoms with Gasteiger partial charge < -0.3 is 18.9 Å². The molecule has 3 aromatic rings. The van der Waals surface area contributed by atoms with Crippen molar-refractivity contribution in [1.29, 1.82) is 5.26 Å². The summed E-state index contributed by atoms with van der Waals surface area (Å²) in [5.41, 5.74) is -1.41. The number of carbonyl (C=O) groups excluding carboxylic acids is 3. The molecule has 5 unspecified atom stereocenters. The Morgan fingerprint density at radius 1 is 1.07 bits per heavy atom. The number of carbonyl (C=O) groups is 3. The summed E-state index contributed by atoms with van der Waals surface area (Å²) >= 11 is 7.12. The minimum atomic E-state index is -1.67. The molecular formula is C26H21ClF3N5O7S. The predicted octanol–water partition coefficient (Wildman–Crippen LogP) is 3.77. The number of benzene rings is 1. The summed E-state index contributed by atoms with van der Waals surface area (Å²) < 4.78 is 65.1. The lowest BCUT2D eigenvalue weighted by atomic mass is 9.96. The predicted molar refractivity (Wildman–Crippen MR) is 141 cm³/mol. The van der Waals surface area contributed by atoms with Crippen molar-refractivity contribution in [2.75, 3.05) is 6.61 Å². The normalized spacial score (nSPS) is 21.5. The number of nitrogens with zero attached hydrogens (tertiary/aromatic N) is 5. The number of aromatic nitrogens is 4. The third kappa shape index (κ3) is 7.42. The van der Waals surface area contributed by atoms with Gasteiger partial charge in [0.1, 0.15) is 36.0 Å². The van der Waals surface area contributed by atoms with Gasteiger partial charge in [0.15, 0.2) is 35.4 Å². The Balaban J connectivity index is 1.82. The van der Waals surface area contributed by atoms with Gasteiger partial charge in [-0.05, 0) is 18.2 Å². The van der Waals surface area contributed by atoms with Gasteiger partial charge in [-0.2, -0.15) is 5.26 Å². The van der Waals surface area contributed by atoms with E-state index in [1.54, 1.807) is 0 Å². The molecule has 0 N–H and O–H groups in total. The monoisotopic (exact) mass is 639 g/mol. The van der Waals surface area contributed by atoms with Crippen LogP contribution in [0.25, 0.3) is 11.3 Å². The van der Waals surface area contributed by atoms with E-state index in [0.29, 0.717) is 17.0 Å². The molecule has 3 heterocycles. The third-order valence-corrected chi connectivity index (χ3v) is 7.34. The standard InChI is InChI=1S/C26H21ClF3N5O7S/c1-11(36)39-10-21-24(40-12(2)37)23(35-9-20(33-34-35)14-4-17(28)22(30)18(29)5-14)25(41-13(3)38)26(42-21)43-15-6-16(27)19(7-31)32-8-15/h4-6,8-9,21,23-26H,10H2,1-3H3. The molecule has 0 saturated carbocycles. The van der Waals surface area contributed by atoms with E-state index in [1.807, 2.05) is 6.07 Å². The molecule has 1 aliphatic rings. The van der Waals surface area contributed by atoms with Gasteiger partial charge in [-0.1, -0.05) is 28.6 Å². The summed E-state index contributed by atoms with van der Waals surface area (Å²) in [6.45, 7) is 2.99. The molecule has 226 valence electrons. The van der Waals surface area contributed by atoms with Crippen molar-refractivity contribution in [1.82, 2.24) is 20.0 Å². The highest BCUT2D eigenvalue weighted by Gasteiger charge is 2.52. The van der Waals surface area contributed by atoms with Crippen LogP contribution in [0.3, 0.4) is 0 Å². The van der Waals surface area contributed by atoms with Crippen LogP contribution in [-0.2, 0) is 33.3 Å². The van der Waals surface area contributed by atoms with Gasteiger partial charge in [-0.15, -0.1) is 5.10 Å². The van der Waals surface area contributed by atoms with Gasteiger partial charge >= 0.3 is 17.9 Å². The second-order valence-corrected chi connectivity index (χ2v) is 10.6. The number of hydrogen-bond donors (Lipinski definition) is 0. The van der Waals surface area contributed by atoms with Crippen LogP contribution in [0.5, 0.6) is 0 Å². The van der Waals surface area contributed by atoms with Crippen molar-refractivity contribution in [3.8, 4) is 17.3 Å². The fourth-order valence-corrected chi connectivity index (χ4v) is 5.63. The van der Waals surface area contributed by atoms with Gasteiger partial charge in [0.05, 0.1) is 11.2 Å². The molecule has 2 aromatic heterocycles. The van der Waals surface area contributed by atoms with Crippen LogP contribution in [-0.4, -0.2) is 68.2 Å². The molecule has 0 bridgehead atoms. The lowest BCUT2D eigenvalue weighted by molar-refractivity contribution is -0.212. The van der Waals surface area contributed by atoms with Crippen molar-refractivity contribution in [3.05, 3.63) is 58.8 Å². The Morgan fingerprint density at radius 2 is 1.72 bits per heavy atom. The number of pyridine rings is 1. The van der Waals surface area contributed by atoms with Gasteiger partial charge in [-0.25, -0.2) is 22.8 Å². The summed E-state index contributed by atoms with van der Waals surface area (Å²) in [5, 5.41) is 17.1. The molecule has 0 aliphatic carbocycles. The topological polar surface area (TPSA) is 156 Å². The molecule has 0 radical (unpaired) electrons. The van der Waals surface area contributed by atoms with Gasteiger partial charge in [0, 0.05) is 37.4 Å². The van der Waals surface area contributed by atoms with Gasteiger partial charge in [-0.3, -0.25) is 14.4 Å². The Bertz CT molecular complexity index is 1580. The Morgan fingerprint density at radius 3 is 2.30 bits per heavy atom. The van der Waals surface area contributed by atoms with Gasteiger partial charge in [0.25, 0.3) is 0 Å². The number of ether oxygens (including phenoxy) is 4. The molecule has 1 fully saturated rings. The minimum absolute atomic E-state index is 0.0311. The molecule has 12 nitrogen and oxygen atoms in total. The zero-order chi connectivity index (χ0) is 31.4. The van der Waals surface area contributed by atoms with Gasteiger partial charge in [0.2, 0.25) is 0 Å². The Kier molecular flexibility index (Phi) is 9.89. The van der Waals surface area contributed by atoms with E-state index < -0.39 is 71.8 Å². The van der Waals surface area contributed by atoms with E-state index in [2.05, 4.69) is 15.3 Å². The van der Waals surface area contributed by atoms with E-state index in [-0.39, 0.29) is 22.0 Å². The van der Waals surface area contributed by atoms with E-state index >= 15 is 0 Å². The van der Waals surface area contributed by atoms with Crippen molar-refractivity contribution in [2.45, 2.75) is 55.5 Å². The number of thioether (sulfide) groups is 1. The second kappa shape index (κ2) is 13.4. The first-order valence-corrected chi connectivity index (χ1v) is 13.6. The van der Waals surface area contributed by atoms with Crippen LogP contribution in [0, 0.1) is 28.8 Å². The minimum Gasteiger partial charge on any atom is -0.463 e. The Hall–Kier alpha value is -4.20. The lowest BCUT2D eigenvalue weighted by Crippen LogP contribution is -2.57. The van der Waals surface area contributed by atoms with Crippen LogP contribution < -0.4 is 0 Å². The number of halogens is 4. The smallest absolute Gasteiger partial charge is 0.303 e. The van der Waals surface area contributed by atoms with E-state index in [9.17, 15) is 27.6 Å². The van der Waals surface area contributed by atoms with E-state index in [1.165, 1.54) is 18.5 Å². The summed E-state index contributed by atoms with van der Waals surface area (Å²) in [4.78, 5) is 40.5. The van der Waals surface area contributed by atoms with Crippen LogP contribution in [0.15, 0.2) is 35.5 Å². The Labute approximate surface area is 251 Å². The van der Waals surface area contributed by atoms with E-state index in [0.717, 1.165) is 37.2 Å². The highest BCUT2D eigenvalue weighted by atomic mass is 35.5. The number of nitriles is 1. The number of hydrogen-bond acceptors (Lipinski definition) is 12. The maximum absolute atomic E-state index is 14.0. The fraction of sp³-hybridized carbons (Fsp3) is 0.346. The highest BCUT2D eigenvalue weighted by molar-refractivity contribution is 7.99. The summed E-state index contributed by atoms with van der Waals surface area (Å²) in [7, 11) is 0. The van der Waals surface area contributed by atoms with E-state index in [4.69, 9.17) is 35.8 Å². The average molecular weight is 640 g/mol. The molecule has 17 heteroatoms. The molecule has 43 heavy (non-hydrogen) atoms. The van der Waals surface area contributed by atoms with Crippen molar-refractivity contribution < 1.29 is 46.5 Å². The molecule has 0 amide bonds. The quantitative estimate of drug-likeness (QED) is 0.200. The molecule has 0 spiro atoms. The summed E-state index contributed by atoms with van der Waals surface area (Å²) in [5.74, 6) is -6.79. The first-order valence-electron chi connectivity index (χ1n) is 12.3. The highest BCUT2D eigenvalue weighted by Crippen LogP contribution is 2.42. The number of esters is 3. The lowest BCUT2D eigenvalue weighted by Gasteiger charge is -2.44. The van der Waals surface area contributed by atoms with Crippen molar-refractivity contribution >= 4 is 41.3 Å². The summed E-state index contributed by atoms with van der Waals surface area (Å²) in [6.07, 6.45) is -1.19. The molecule has 5 atom stereocenters. The zero-order valence-corrected chi connectivity index (χ0v) is 24.1. The first-order chi connectivity index (χ1) is 20.4. The number of rotatable bonds is 8.